The Morgan fingerprint density at radius 2 is 2.09 bits per heavy atom. The van der Waals surface area contributed by atoms with E-state index >= 15 is 0 Å². The summed E-state index contributed by atoms with van der Waals surface area (Å²) in [5.74, 6) is 2.17. The monoisotopic (exact) mass is 301 g/mol. The highest BCUT2D eigenvalue weighted by molar-refractivity contribution is 5.38. The maximum absolute atomic E-state index is 5.34. The van der Waals surface area contributed by atoms with Crippen molar-refractivity contribution in [1.29, 1.82) is 0 Å². The van der Waals surface area contributed by atoms with Crippen LogP contribution < -0.4 is 15.4 Å². The molecular formula is C16H23N5O. The zero-order valence-electron chi connectivity index (χ0n) is 13.3. The van der Waals surface area contributed by atoms with E-state index in [1.807, 2.05) is 18.2 Å². The summed E-state index contributed by atoms with van der Waals surface area (Å²) in [4.78, 5) is 4.41. The number of nitrogens with zero attached hydrogens (tertiary/aromatic N) is 3. The summed E-state index contributed by atoms with van der Waals surface area (Å²) in [5.41, 5.74) is 1.15. The predicted octanol–water partition coefficient (Wildman–Crippen LogP) is 2.75. The quantitative estimate of drug-likeness (QED) is 0.781. The van der Waals surface area contributed by atoms with Gasteiger partial charge in [-0.15, -0.1) is 5.10 Å². The van der Waals surface area contributed by atoms with Crippen molar-refractivity contribution >= 4 is 11.8 Å². The van der Waals surface area contributed by atoms with Gasteiger partial charge in [-0.1, -0.05) is 25.1 Å². The molecule has 0 aliphatic heterocycles. The van der Waals surface area contributed by atoms with Gasteiger partial charge in [0, 0.05) is 12.6 Å². The molecule has 0 bridgehead atoms. The maximum atomic E-state index is 5.34. The smallest absolute Gasteiger partial charge is 0.244 e. The van der Waals surface area contributed by atoms with Crippen LogP contribution in [0.3, 0.4) is 0 Å². The molecule has 0 radical (unpaired) electrons. The molecule has 1 atom stereocenters. The molecule has 0 fully saturated rings. The molecule has 0 aliphatic rings. The van der Waals surface area contributed by atoms with Crippen LogP contribution in [-0.4, -0.2) is 34.9 Å². The van der Waals surface area contributed by atoms with Gasteiger partial charge < -0.3 is 15.4 Å². The van der Waals surface area contributed by atoms with E-state index in [1.54, 1.807) is 13.3 Å². The minimum atomic E-state index is 0.359. The van der Waals surface area contributed by atoms with E-state index in [1.165, 1.54) is 0 Å². The van der Waals surface area contributed by atoms with Crippen LogP contribution in [0.25, 0.3) is 0 Å². The second kappa shape index (κ2) is 8.17. The van der Waals surface area contributed by atoms with E-state index < -0.39 is 0 Å². The molecule has 22 heavy (non-hydrogen) atoms. The molecule has 1 aromatic heterocycles. The van der Waals surface area contributed by atoms with Gasteiger partial charge in [-0.25, -0.2) is 0 Å². The zero-order chi connectivity index (χ0) is 15.8. The SMILES string of the molecule is CCC(C)Nc1cnnc(NCCc2ccccc2OC)n1. The lowest BCUT2D eigenvalue weighted by Gasteiger charge is -2.12. The first-order valence-electron chi connectivity index (χ1n) is 7.55. The molecule has 6 nitrogen and oxygen atoms in total. The van der Waals surface area contributed by atoms with Gasteiger partial charge in [0.15, 0.2) is 5.82 Å². The van der Waals surface area contributed by atoms with E-state index in [0.717, 1.165) is 36.5 Å². The second-order valence-electron chi connectivity index (χ2n) is 5.11. The Bertz CT molecular complexity index is 590. The van der Waals surface area contributed by atoms with Crippen LogP contribution in [-0.2, 0) is 6.42 Å². The molecule has 1 unspecified atom stereocenters. The summed E-state index contributed by atoms with van der Waals surface area (Å²) in [5, 5.41) is 14.5. The van der Waals surface area contributed by atoms with Crippen molar-refractivity contribution < 1.29 is 4.74 Å². The molecule has 2 aromatic rings. The van der Waals surface area contributed by atoms with Crippen molar-refractivity contribution in [3.05, 3.63) is 36.0 Å². The molecule has 1 aromatic carbocycles. The molecule has 0 aliphatic carbocycles. The summed E-state index contributed by atoms with van der Waals surface area (Å²) >= 11 is 0. The van der Waals surface area contributed by atoms with Gasteiger partial charge in [0.1, 0.15) is 5.75 Å². The number of para-hydroxylation sites is 1. The van der Waals surface area contributed by atoms with E-state index in [2.05, 4.69) is 45.7 Å². The van der Waals surface area contributed by atoms with Crippen molar-refractivity contribution in [2.24, 2.45) is 0 Å². The fourth-order valence-electron chi connectivity index (χ4n) is 2.02. The number of rotatable bonds is 8. The average molecular weight is 301 g/mol. The second-order valence-corrected chi connectivity index (χ2v) is 5.11. The lowest BCUT2D eigenvalue weighted by atomic mass is 10.1. The van der Waals surface area contributed by atoms with E-state index in [4.69, 9.17) is 4.74 Å². The van der Waals surface area contributed by atoms with E-state index in [-0.39, 0.29) is 0 Å². The highest BCUT2D eigenvalue weighted by Crippen LogP contribution is 2.17. The Morgan fingerprint density at radius 1 is 1.27 bits per heavy atom. The van der Waals surface area contributed by atoms with Crippen LogP contribution in [0.15, 0.2) is 30.5 Å². The molecule has 1 heterocycles. The molecule has 0 spiro atoms. The van der Waals surface area contributed by atoms with Gasteiger partial charge >= 0.3 is 0 Å². The summed E-state index contributed by atoms with van der Waals surface area (Å²) in [6.07, 6.45) is 3.49. The number of methoxy groups -OCH3 is 1. The van der Waals surface area contributed by atoms with Crippen LogP contribution in [0.1, 0.15) is 25.8 Å². The predicted molar refractivity (Wildman–Crippen MR) is 88.4 cm³/mol. The number of hydrogen-bond donors (Lipinski definition) is 2. The maximum Gasteiger partial charge on any atom is 0.244 e. The first-order valence-corrected chi connectivity index (χ1v) is 7.55. The Labute approximate surface area is 131 Å². The minimum absolute atomic E-state index is 0.359. The largest absolute Gasteiger partial charge is 0.496 e. The zero-order valence-corrected chi connectivity index (χ0v) is 13.3. The Morgan fingerprint density at radius 3 is 2.86 bits per heavy atom. The molecule has 0 saturated heterocycles. The van der Waals surface area contributed by atoms with Gasteiger partial charge in [-0.2, -0.15) is 10.1 Å². The first-order chi connectivity index (χ1) is 10.7. The Kier molecular flexibility index (Phi) is 5.94. The summed E-state index contributed by atoms with van der Waals surface area (Å²) in [6, 6.07) is 8.35. The van der Waals surface area contributed by atoms with E-state index in [9.17, 15) is 0 Å². The number of ether oxygens (including phenoxy) is 1. The third-order valence-electron chi connectivity index (χ3n) is 3.44. The highest BCUT2D eigenvalue weighted by atomic mass is 16.5. The third kappa shape index (κ3) is 4.58. The number of benzene rings is 1. The minimum Gasteiger partial charge on any atom is -0.496 e. The lowest BCUT2D eigenvalue weighted by molar-refractivity contribution is 0.410. The van der Waals surface area contributed by atoms with Crippen LogP contribution in [0.2, 0.25) is 0 Å². The number of nitrogens with one attached hydrogen (secondary N) is 2. The van der Waals surface area contributed by atoms with Crippen LogP contribution >= 0.6 is 0 Å². The summed E-state index contributed by atoms with van der Waals surface area (Å²) < 4.78 is 5.34. The molecule has 0 amide bonds. The molecule has 2 rings (SSSR count). The fraction of sp³-hybridized carbons (Fsp3) is 0.438. The molecule has 2 N–H and O–H groups in total. The number of hydrogen-bond acceptors (Lipinski definition) is 6. The number of anilines is 2. The third-order valence-corrected chi connectivity index (χ3v) is 3.44. The standard InChI is InChI=1S/C16H23N5O/c1-4-12(2)19-15-11-18-21-16(20-15)17-10-9-13-7-5-6-8-14(13)22-3/h5-8,11-12H,4,9-10H2,1-3H3,(H2,17,19,20,21). The van der Waals surface area contributed by atoms with Gasteiger partial charge in [0.25, 0.3) is 0 Å². The normalized spacial score (nSPS) is 11.8. The van der Waals surface area contributed by atoms with Crippen molar-refractivity contribution in [3.8, 4) is 5.75 Å². The van der Waals surface area contributed by atoms with Crippen LogP contribution in [0.4, 0.5) is 11.8 Å². The van der Waals surface area contributed by atoms with Crippen molar-refractivity contribution in [2.75, 3.05) is 24.3 Å². The van der Waals surface area contributed by atoms with Crippen LogP contribution in [0, 0.1) is 0 Å². The summed E-state index contributed by atoms with van der Waals surface area (Å²) in [6.45, 7) is 4.95. The highest BCUT2D eigenvalue weighted by Gasteiger charge is 2.05. The Balaban J connectivity index is 1.90. The molecule has 6 heteroatoms. The molecule has 118 valence electrons. The average Bonchev–Trinajstić information content (AvgIpc) is 2.55. The van der Waals surface area contributed by atoms with Crippen molar-refractivity contribution in [3.63, 3.8) is 0 Å². The van der Waals surface area contributed by atoms with Gasteiger partial charge in [0.2, 0.25) is 5.95 Å². The summed E-state index contributed by atoms with van der Waals surface area (Å²) in [7, 11) is 1.68. The van der Waals surface area contributed by atoms with Gasteiger partial charge in [-0.3, -0.25) is 0 Å². The Hall–Kier alpha value is -2.37. The van der Waals surface area contributed by atoms with Gasteiger partial charge in [0.05, 0.1) is 13.3 Å². The topological polar surface area (TPSA) is 72.0 Å². The lowest BCUT2D eigenvalue weighted by Crippen LogP contribution is -2.16. The number of aromatic nitrogens is 3. The first kappa shape index (κ1) is 16.0. The van der Waals surface area contributed by atoms with Crippen LogP contribution in [0.5, 0.6) is 5.75 Å². The fourth-order valence-corrected chi connectivity index (χ4v) is 2.02. The van der Waals surface area contributed by atoms with Crippen molar-refractivity contribution in [1.82, 2.24) is 15.2 Å². The van der Waals surface area contributed by atoms with E-state index in [0.29, 0.717) is 12.0 Å². The van der Waals surface area contributed by atoms with Gasteiger partial charge in [-0.05, 0) is 31.4 Å². The molecular weight excluding hydrogens is 278 g/mol. The van der Waals surface area contributed by atoms with Crippen molar-refractivity contribution in [2.45, 2.75) is 32.7 Å². The molecule has 0 saturated carbocycles.